The Morgan fingerprint density at radius 2 is 1.96 bits per heavy atom. The molecular weight excluding hydrogens is 340 g/mol. The summed E-state index contributed by atoms with van der Waals surface area (Å²) in [7, 11) is 1.54. The molecule has 0 saturated carbocycles. The van der Waals surface area contributed by atoms with Gasteiger partial charge in [0.2, 0.25) is 0 Å². The molecule has 1 heterocycles. The van der Waals surface area contributed by atoms with Crippen LogP contribution in [0, 0.1) is 11.8 Å². The first kappa shape index (κ1) is 16.8. The van der Waals surface area contributed by atoms with Gasteiger partial charge in [-0.1, -0.05) is 35.7 Å². The minimum absolute atomic E-state index is 0.187. The number of nitrogens with zero attached hydrogens (tertiary/aromatic N) is 4. The Morgan fingerprint density at radius 3 is 2.64 bits per heavy atom. The van der Waals surface area contributed by atoms with Gasteiger partial charge >= 0.3 is 5.69 Å². The van der Waals surface area contributed by atoms with Gasteiger partial charge in [-0.05, 0) is 41.6 Å². The number of para-hydroxylation sites is 1. The Labute approximate surface area is 149 Å². The van der Waals surface area contributed by atoms with Crippen LogP contribution in [0.3, 0.4) is 0 Å². The Hall–Kier alpha value is -3.04. The number of aryl methyl sites for hydroxylation is 1. The second-order valence-electron chi connectivity index (χ2n) is 5.19. The minimum Gasteiger partial charge on any atom is -0.487 e. The van der Waals surface area contributed by atoms with Gasteiger partial charge in [0.15, 0.2) is 0 Å². The van der Waals surface area contributed by atoms with E-state index in [1.165, 1.54) is 4.68 Å². The monoisotopic (exact) mass is 354 g/mol. The molecule has 0 unspecified atom stereocenters. The number of ether oxygens (including phenoxy) is 1. The zero-order valence-corrected chi connectivity index (χ0v) is 14.5. The summed E-state index contributed by atoms with van der Waals surface area (Å²) in [5.74, 6) is 6.46. The van der Waals surface area contributed by atoms with Crippen molar-refractivity contribution in [3.8, 4) is 23.3 Å². The van der Waals surface area contributed by atoms with Gasteiger partial charge in [-0.15, -0.1) is 5.92 Å². The first-order valence-electron chi connectivity index (χ1n) is 7.53. The fourth-order valence-electron chi connectivity index (χ4n) is 2.35. The minimum atomic E-state index is -0.347. The van der Waals surface area contributed by atoms with Gasteiger partial charge in [-0.25, -0.2) is 4.79 Å². The first-order valence-corrected chi connectivity index (χ1v) is 7.91. The smallest absolute Gasteiger partial charge is 0.368 e. The largest absolute Gasteiger partial charge is 0.487 e. The number of aromatic nitrogens is 4. The molecule has 0 atom stereocenters. The highest BCUT2D eigenvalue weighted by molar-refractivity contribution is 6.32. The summed E-state index contributed by atoms with van der Waals surface area (Å²) in [5.41, 5.74) is 1.72. The van der Waals surface area contributed by atoms with Crippen molar-refractivity contribution in [3.05, 3.63) is 69.1 Å². The number of hydrogen-bond acceptors (Lipinski definition) is 4. The Balaban J connectivity index is 2.06. The molecule has 0 saturated heterocycles. The van der Waals surface area contributed by atoms with Crippen LogP contribution in [0.5, 0.6) is 5.75 Å². The molecule has 0 aliphatic heterocycles. The maximum absolute atomic E-state index is 12.2. The maximum atomic E-state index is 12.2. The van der Waals surface area contributed by atoms with Crippen molar-refractivity contribution in [2.24, 2.45) is 7.05 Å². The van der Waals surface area contributed by atoms with Gasteiger partial charge in [-0.2, -0.15) is 9.36 Å². The van der Waals surface area contributed by atoms with Crippen molar-refractivity contribution in [1.82, 2.24) is 19.8 Å². The molecule has 0 fully saturated rings. The second-order valence-corrected chi connectivity index (χ2v) is 5.60. The molecule has 6 nitrogen and oxygen atoms in total. The number of benzene rings is 2. The third kappa shape index (κ3) is 3.42. The lowest BCUT2D eigenvalue weighted by Gasteiger charge is -2.13. The third-order valence-electron chi connectivity index (χ3n) is 3.57. The second kappa shape index (κ2) is 7.24. The molecule has 126 valence electrons. The molecule has 0 bridgehead atoms. The van der Waals surface area contributed by atoms with Gasteiger partial charge in [0.25, 0.3) is 0 Å². The lowest BCUT2D eigenvalue weighted by molar-refractivity contribution is 0.305. The van der Waals surface area contributed by atoms with Gasteiger partial charge in [-0.3, -0.25) is 0 Å². The van der Waals surface area contributed by atoms with Crippen LogP contribution in [0.2, 0.25) is 5.02 Å². The van der Waals surface area contributed by atoms with E-state index in [1.54, 1.807) is 32.2 Å². The van der Waals surface area contributed by atoms with Crippen LogP contribution in [0.1, 0.15) is 18.1 Å². The van der Waals surface area contributed by atoms with E-state index in [4.69, 9.17) is 16.3 Å². The van der Waals surface area contributed by atoms with Crippen molar-refractivity contribution >= 4 is 11.6 Å². The van der Waals surface area contributed by atoms with Crippen molar-refractivity contribution in [1.29, 1.82) is 0 Å². The van der Waals surface area contributed by atoms with Crippen LogP contribution >= 0.6 is 11.6 Å². The standard InChI is InChI=1S/C18H15ClN4O2/c1-3-7-13-8-6-10-16(23-18(24)22(2)20-21-23)14(13)12-25-17-11-5-4-9-15(17)19/h4-6,8-11H,12H2,1-2H3. The van der Waals surface area contributed by atoms with E-state index in [-0.39, 0.29) is 12.3 Å². The van der Waals surface area contributed by atoms with Crippen molar-refractivity contribution in [2.75, 3.05) is 0 Å². The van der Waals surface area contributed by atoms with E-state index in [0.717, 1.165) is 15.8 Å². The zero-order valence-electron chi connectivity index (χ0n) is 13.7. The van der Waals surface area contributed by atoms with Gasteiger partial charge in [0.1, 0.15) is 12.4 Å². The van der Waals surface area contributed by atoms with Crippen LogP contribution < -0.4 is 10.4 Å². The van der Waals surface area contributed by atoms with Crippen LogP contribution in [-0.4, -0.2) is 19.8 Å². The quantitative estimate of drug-likeness (QED) is 0.676. The molecule has 7 heteroatoms. The van der Waals surface area contributed by atoms with Gasteiger partial charge in [0.05, 0.1) is 10.7 Å². The van der Waals surface area contributed by atoms with E-state index in [2.05, 4.69) is 22.3 Å². The van der Waals surface area contributed by atoms with Crippen LogP contribution in [0.4, 0.5) is 0 Å². The predicted molar refractivity (Wildman–Crippen MR) is 94.9 cm³/mol. The number of rotatable bonds is 4. The average molecular weight is 355 g/mol. The van der Waals surface area contributed by atoms with Crippen LogP contribution in [-0.2, 0) is 13.7 Å². The molecule has 25 heavy (non-hydrogen) atoms. The summed E-state index contributed by atoms with van der Waals surface area (Å²) in [5, 5.41) is 8.18. The summed E-state index contributed by atoms with van der Waals surface area (Å²) in [6.45, 7) is 1.94. The summed E-state index contributed by atoms with van der Waals surface area (Å²) in [6.07, 6.45) is 0. The van der Waals surface area contributed by atoms with E-state index in [1.807, 2.05) is 24.3 Å². The zero-order chi connectivity index (χ0) is 17.8. The Bertz CT molecular complexity index is 1030. The van der Waals surface area contributed by atoms with E-state index < -0.39 is 0 Å². The molecular formula is C18H15ClN4O2. The highest BCUT2D eigenvalue weighted by Crippen LogP contribution is 2.26. The fourth-order valence-corrected chi connectivity index (χ4v) is 2.54. The van der Waals surface area contributed by atoms with Crippen LogP contribution in [0.15, 0.2) is 47.3 Å². The maximum Gasteiger partial charge on any atom is 0.368 e. The molecule has 3 aromatic rings. The van der Waals surface area contributed by atoms with Crippen molar-refractivity contribution in [2.45, 2.75) is 13.5 Å². The highest BCUT2D eigenvalue weighted by Gasteiger charge is 2.15. The third-order valence-corrected chi connectivity index (χ3v) is 3.88. The molecule has 0 aliphatic carbocycles. The summed E-state index contributed by atoms with van der Waals surface area (Å²) in [6, 6.07) is 12.7. The molecule has 0 radical (unpaired) electrons. The van der Waals surface area contributed by atoms with Gasteiger partial charge in [0, 0.05) is 18.2 Å². The summed E-state index contributed by atoms with van der Waals surface area (Å²) >= 11 is 6.14. The van der Waals surface area contributed by atoms with E-state index in [9.17, 15) is 4.79 Å². The number of hydrogen-bond donors (Lipinski definition) is 0. The Morgan fingerprint density at radius 1 is 1.16 bits per heavy atom. The lowest BCUT2D eigenvalue weighted by atomic mass is 10.1. The molecule has 0 N–H and O–H groups in total. The average Bonchev–Trinajstić information content (AvgIpc) is 2.94. The summed E-state index contributed by atoms with van der Waals surface area (Å²) < 4.78 is 8.24. The summed E-state index contributed by atoms with van der Waals surface area (Å²) in [4.78, 5) is 12.2. The normalized spacial score (nSPS) is 10.2. The molecule has 0 amide bonds. The predicted octanol–water partition coefficient (Wildman–Crippen LogP) is 2.57. The van der Waals surface area contributed by atoms with E-state index >= 15 is 0 Å². The number of halogens is 1. The highest BCUT2D eigenvalue weighted by atomic mass is 35.5. The van der Waals surface area contributed by atoms with E-state index in [0.29, 0.717) is 16.5 Å². The molecule has 3 rings (SSSR count). The molecule has 2 aromatic carbocycles. The Kier molecular flexibility index (Phi) is 4.87. The first-order chi connectivity index (χ1) is 12.1. The van der Waals surface area contributed by atoms with Crippen molar-refractivity contribution in [3.63, 3.8) is 0 Å². The van der Waals surface area contributed by atoms with Gasteiger partial charge < -0.3 is 4.74 Å². The topological polar surface area (TPSA) is 61.9 Å². The molecule has 0 aliphatic rings. The number of tetrazole rings is 1. The van der Waals surface area contributed by atoms with Crippen LogP contribution in [0.25, 0.3) is 5.69 Å². The lowest BCUT2D eigenvalue weighted by Crippen LogP contribution is -2.23. The van der Waals surface area contributed by atoms with Crippen molar-refractivity contribution < 1.29 is 4.74 Å². The SMILES string of the molecule is CC#Cc1cccc(-n2nnn(C)c2=O)c1COc1ccccc1Cl. The fraction of sp³-hybridized carbons (Fsp3) is 0.167. The molecule has 1 aromatic heterocycles. The molecule has 0 spiro atoms.